The van der Waals surface area contributed by atoms with Gasteiger partial charge in [-0.1, -0.05) is 26.7 Å². The predicted molar refractivity (Wildman–Crippen MR) is 74.2 cm³/mol. The minimum absolute atomic E-state index is 0.281. The van der Waals surface area contributed by atoms with E-state index in [0.29, 0.717) is 12.0 Å². The molecule has 1 saturated carbocycles. The van der Waals surface area contributed by atoms with E-state index in [9.17, 15) is 0 Å². The van der Waals surface area contributed by atoms with Crippen LogP contribution in [0.3, 0.4) is 0 Å². The topological polar surface area (TPSA) is 50.5 Å². The standard InChI is InChI=1S/C14H29N3O/c1-12(2)11-13(16-15)14(5-3-4-6-14)17-7-9-18-10-8-17/h12-13,16H,3-11,15H2,1-2H3. The van der Waals surface area contributed by atoms with Crippen molar-refractivity contribution in [2.24, 2.45) is 11.8 Å². The highest BCUT2D eigenvalue weighted by Gasteiger charge is 2.45. The van der Waals surface area contributed by atoms with Crippen LogP contribution in [0.2, 0.25) is 0 Å². The Labute approximate surface area is 111 Å². The Morgan fingerprint density at radius 1 is 1.22 bits per heavy atom. The third-order valence-corrected chi connectivity index (χ3v) is 4.67. The van der Waals surface area contributed by atoms with Crippen LogP contribution in [-0.4, -0.2) is 42.8 Å². The van der Waals surface area contributed by atoms with E-state index in [0.717, 1.165) is 32.7 Å². The molecule has 1 aliphatic carbocycles. The van der Waals surface area contributed by atoms with E-state index in [1.807, 2.05) is 0 Å². The maximum absolute atomic E-state index is 5.88. The zero-order chi connectivity index (χ0) is 13.0. The normalized spacial score (nSPS) is 26.7. The summed E-state index contributed by atoms with van der Waals surface area (Å²) in [5.41, 5.74) is 3.41. The number of hydrogen-bond donors (Lipinski definition) is 2. The van der Waals surface area contributed by atoms with E-state index in [4.69, 9.17) is 10.6 Å². The van der Waals surface area contributed by atoms with Crippen molar-refractivity contribution in [3.05, 3.63) is 0 Å². The third kappa shape index (κ3) is 2.87. The molecule has 1 saturated heterocycles. The fourth-order valence-corrected chi connectivity index (χ4v) is 3.79. The van der Waals surface area contributed by atoms with Gasteiger partial charge in [-0.3, -0.25) is 16.2 Å². The Morgan fingerprint density at radius 3 is 2.33 bits per heavy atom. The Morgan fingerprint density at radius 2 is 1.83 bits per heavy atom. The minimum Gasteiger partial charge on any atom is -0.379 e. The lowest BCUT2D eigenvalue weighted by atomic mass is 9.81. The number of hydrogen-bond acceptors (Lipinski definition) is 4. The minimum atomic E-state index is 0.281. The van der Waals surface area contributed by atoms with Crippen molar-refractivity contribution < 1.29 is 4.74 Å². The molecule has 18 heavy (non-hydrogen) atoms. The highest BCUT2D eigenvalue weighted by atomic mass is 16.5. The van der Waals surface area contributed by atoms with Crippen molar-refractivity contribution in [2.75, 3.05) is 26.3 Å². The van der Waals surface area contributed by atoms with Crippen molar-refractivity contribution in [3.8, 4) is 0 Å². The fraction of sp³-hybridized carbons (Fsp3) is 1.00. The molecule has 2 fully saturated rings. The molecule has 0 amide bonds. The fourth-order valence-electron chi connectivity index (χ4n) is 3.79. The van der Waals surface area contributed by atoms with Crippen LogP contribution in [0.5, 0.6) is 0 Å². The first-order valence-electron chi connectivity index (χ1n) is 7.48. The van der Waals surface area contributed by atoms with Crippen LogP contribution < -0.4 is 11.3 Å². The molecule has 4 heteroatoms. The van der Waals surface area contributed by atoms with Gasteiger partial charge in [-0.15, -0.1) is 0 Å². The smallest absolute Gasteiger partial charge is 0.0594 e. The lowest BCUT2D eigenvalue weighted by Gasteiger charge is -2.48. The van der Waals surface area contributed by atoms with Crippen LogP contribution in [0, 0.1) is 5.92 Å². The second-order valence-electron chi connectivity index (χ2n) is 6.26. The summed E-state index contributed by atoms with van der Waals surface area (Å²) in [5, 5.41) is 0. The zero-order valence-corrected chi connectivity index (χ0v) is 12.0. The SMILES string of the molecule is CC(C)CC(NN)C1(N2CCOCC2)CCCC1. The van der Waals surface area contributed by atoms with Gasteiger partial charge in [0.25, 0.3) is 0 Å². The molecule has 0 radical (unpaired) electrons. The molecule has 2 aliphatic rings. The highest BCUT2D eigenvalue weighted by molar-refractivity contribution is 5.03. The first kappa shape index (κ1) is 14.3. The molecular formula is C14H29N3O. The Balaban J connectivity index is 2.13. The van der Waals surface area contributed by atoms with Gasteiger partial charge in [0.05, 0.1) is 13.2 Å². The van der Waals surface area contributed by atoms with Crippen molar-refractivity contribution >= 4 is 0 Å². The molecule has 0 bridgehead atoms. The lowest BCUT2D eigenvalue weighted by molar-refractivity contribution is -0.0384. The second-order valence-corrected chi connectivity index (χ2v) is 6.26. The molecule has 1 atom stereocenters. The van der Waals surface area contributed by atoms with Crippen LogP contribution in [0.1, 0.15) is 46.0 Å². The molecule has 1 unspecified atom stereocenters. The molecule has 0 aromatic heterocycles. The van der Waals surface area contributed by atoms with E-state index in [2.05, 4.69) is 24.2 Å². The van der Waals surface area contributed by atoms with E-state index in [1.54, 1.807) is 0 Å². The van der Waals surface area contributed by atoms with Gasteiger partial charge in [-0.2, -0.15) is 0 Å². The van der Waals surface area contributed by atoms with Gasteiger partial charge >= 0.3 is 0 Å². The Bertz CT molecular complexity index is 245. The highest BCUT2D eigenvalue weighted by Crippen LogP contribution is 2.40. The van der Waals surface area contributed by atoms with Crippen LogP contribution in [0.4, 0.5) is 0 Å². The van der Waals surface area contributed by atoms with Crippen LogP contribution >= 0.6 is 0 Å². The van der Waals surface area contributed by atoms with E-state index in [1.165, 1.54) is 25.7 Å². The first-order chi connectivity index (χ1) is 8.69. The number of hydrazine groups is 1. The van der Waals surface area contributed by atoms with Crippen LogP contribution in [0.25, 0.3) is 0 Å². The number of rotatable bonds is 5. The summed E-state index contributed by atoms with van der Waals surface area (Å²) in [7, 11) is 0. The predicted octanol–water partition coefficient (Wildman–Crippen LogP) is 1.51. The van der Waals surface area contributed by atoms with Gasteiger partial charge in [0.2, 0.25) is 0 Å². The van der Waals surface area contributed by atoms with E-state index < -0.39 is 0 Å². The van der Waals surface area contributed by atoms with Gasteiger partial charge in [0, 0.05) is 24.7 Å². The molecule has 0 spiro atoms. The van der Waals surface area contributed by atoms with Gasteiger partial charge in [-0.25, -0.2) is 0 Å². The number of morpholine rings is 1. The van der Waals surface area contributed by atoms with Crippen LogP contribution in [0.15, 0.2) is 0 Å². The molecule has 1 aliphatic heterocycles. The maximum Gasteiger partial charge on any atom is 0.0594 e. The second kappa shape index (κ2) is 6.33. The summed E-state index contributed by atoms with van der Waals surface area (Å²) in [6, 6.07) is 0.415. The molecule has 106 valence electrons. The van der Waals surface area contributed by atoms with Crippen molar-refractivity contribution in [1.29, 1.82) is 0 Å². The van der Waals surface area contributed by atoms with Crippen molar-refractivity contribution in [2.45, 2.75) is 57.5 Å². The first-order valence-corrected chi connectivity index (χ1v) is 7.48. The number of ether oxygens (including phenoxy) is 1. The summed E-state index contributed by atoms with van der Waals surface area (Å²) in [4.78, 5) is 2.65. The number of nitrogens with zero attached hydrogens (tertiary/aromatic N) is 1. The number of nitrogens with two attached hydrogens (primary N) is 1. The molecule has 0 aromatic carbocycles. The van der Waals surface area contributed by atoms with Gasteiger partial charge in [-0.05, 0) is 25.2 Å². The van der Waals surface area contributed by atoms with Gasteiger partial charge in [0.15, 0.2) is 0 Å². The van der Waals surface area contributed by atoms with Crippen LogP contribution in [-0.2, 0) is 4.74 Å². The Hall–Kier alpha value is -0.160. The molecule has 2 rings (SSSR count). The van der Waals surface area contributed by atoms with E-state index >= 15 is 0 Å². The summed E-state index contributed by atoms with van der Waals surface area (Å²) in [5.74, 6) is 6.57. The van der Waals surface area contributed by atoms with E-state index in [-0.39, 0.29) is 5.54 Å². The summed E-state index contributed by atoms with van der Waals surface area (Å²) >= 11 is 0. The average molecular weight is 255 g/mol. The van der Waals surface area contributed by atoms with Gasteiger partial charge < -0.3 is 4.74 Å². The van der Waals surface area contributed by atoms with Crippen molar-refractivity contribution in [3.63, 3.8) is 0 Å². The molecule has 3 N–H and O–H groups in total. The third-order valence-electron chi connectivity index (χ3n) is 4.67. The summed E-state index contributed by atoms with van der Waals surface area (Å²) in [6.07, 6.45) is 6.41. The quantitative estimate of drug-likeness (QED) is 0.577. The molecule has 0 aromatic rings. The monoisotopic (exact) mass is 255 g/mol. The average Bonchev–Trinajstić information content (AvgIpc) is 2.87. The maximum atomic E-state index is 5.88. The lowest BCUT2D eigenvalue weighted by Crippen LogP contribution is -2.63. The molecule has 1 heterocycles. The Kier molecular flexibility index (Phi) is 5.01. The largest absolute Gasteiger partial charge is 0.379 e. The zero-order valence-electron chi connectivity index (χ0n) is 12.0. The summed E-state index contributed by atoms with van der Waals surface area (Å²) < 4.78 is 5.51. The van der Waals surface area contributed by atoms with Crippen molar-refractivity contribution in [1.82, 2.24) is 10.3 Å². The van der Waals surface area contributed by atoms with Gasteiger partial charge in [0.1, 0.15) is 0 Å². The molecule has 4 nitrogen and oxygen atoms in total. The summed E-state index contributed by atoms with van der Waals surface area (Å²) in [6.45, 7) is 8.45. The number of nitrogens with one attached hydrogen (secondary N) is 1. The molecular weight excluding hydrogens is 226 g/mol.